The lowest BCUT2D eigenvalue weighted by Gasteiger charge is -2.34. The van der Waals surface area contributed by atoms with E-state index in [2.05, 4.69) is 234 Å². The number of benzene rings is 8. The third-order valence-corrected chi connectivity index (χ3v) is 13.8. The Labute approximate surface area is 351 Å². The van der Waals surface area contributed by atoms with Crippen molar-refractivity contribution in [2.45, 2.75) is 36.0 Å². The maximum atomic E-state index is 2.63. The molecule has 2 heterocycles. The molecule has 2 aliphatic rings. The lowest BCUT2D eigenvalue weighted by molar-refractivity contribution is 0.558. The molecular formula is C58H44N2. The van der Waals surface area contributed by atoms with Crippen LogP contribution in [0.2, 0.25) is 0 Å². The van der Waals surface area contributed by atoms with Crippen LogP contribution in [0.15, 0.2) is 224 Å². The lowest BCUT2D eigenvalue weighted by atomic mass is 9.71. The van der Waals surface area contributed by atoms with E-state index in [0.29, 0.717) is 5.92 Å². The lowest BCUT2D eigenvalue weighted by Crippen LogP contribution is -2.29. The van der Waals surface area contributed by atoms with Gasteiger partial charge in [-0.25, -0.2) is 0 Å². The Bertz CT molecular complexity index is 3100. The Morgan fingerprint density at radius 2 is 0.800 bits per heavy atom. The number of hydrogen-bond acceptors (Lipinski definition) is 0. The van der Waals surface area contributed by atoms with E-state index in [4.69, 9.17) is 0 Å². The second-order valence-electron chi connectivity index (χ2n) is 16.8. The molecule has 3 unspecified atom stereocenters. The maximum Gasteiger partial charge on any atom is 0.0619 e. The van der Waals surface area contributed by atoms with Crippen molar-refractivity contribution in [3.05, 3.63) is 275 Å². The van der Waals surface area contributed by atoms with Gasteiger partial charge in [-0.3, -0.25) is 0 Å². The zero-order chi connectivity index (χ0) is 39.6. The largest absolute Gasteiger partial charge is 0.313 e. The molecule has 0 fully saturated rings. The fourth-order valence-corrected chi connectivity index (χ4v) is 11.4. The molecule has 3 atom stereocenters. The fraction of sp³-hybridized carbons (Fsp3) is 0.103. The van der Waals surface area contributed by atoms with Crippen LogP contribution in [0.4, 0.5) is 0 Å². The molecular weight excluding hydrogens is 725 g/mol. The van der Waals surface area contributed by atoms with E-state index in [1.165, 1.54) is 83.5 Å². The molecule has 2 heteroatoms. The first-order chi connectivity index (χ1) is 29.8. The summed E-state index contributed by atoms with van der Waals surface area (Å²) < 4.78 is 5.24. The van der Waals surface area contributed by atoms with Crippen LogP contribution >= 0.6 is 0 Å². The summed E-state index contributed by atoms with van der Waals surface area (Å²) in [6.07, 6.45) is 1.98. The molecule has 0 N–H and O–H groups in total. The highest BCUT2D eigenvalue weighted by molar-refractivity contribution is 5.92. The standard InChI is InChI=1S/C58H44N2/c1-6-21-40(22-7-1)49-38-50(41-23-8-2-9-24-41)56-54(49)47-33-16-18-35-52(47)59(56)45-31-20-32-46(37-45)60-53-36-19-17-34-48(53)55-51(42-25-10-3-11-26-42)39-58(57(55)60,43-27-12-4-13-28-43)44-29-14-5-15-30-44/h1-37,49-51H,38-39H2. The molecule has 60 heavy (non-hydrogen) atoms. The first-order valence-electron chi connectivity index (χ1n) is 21.4. The molecule has 0 amide bonds. The number of hydrogen-bond donors (Lipinski definition) is 0. The van der Waals surface area contributed by atoms with E-state index in [-0.39, 0.29) is 11.8 Å². The quantitative estimate of drug-likeness (QED) is 0.153. The second-order valence-corrected chi connectivity index (χ2v) is 16.8. The van der Waals surface area contributed by atoms with Gasteiger partial charge < -0.3 is 9.13 Å². The van der Waals surface area contributed by atoms with Gasteiger partial charge in [0, 0.05) is 51.3 Å². The van der Waals surface area contributed by atoms with Crippen LogP contribution in [0.25, 0.3) is 33.2 Å². The minimum atomic E-state index is -0.407. The highest BCUT2D eigenvalue weighted by Gasteiger charge is 2.51. The predicted molar refractivity (Wildman–Crippen MR) is 247 cm³/mol. The molecule has 286 valence electrons. The smallest absolute Gasteiger partial charge is 0.0619 e. The molecule has 2 aliphatic carbocycles. The molecule has 10 aromatic rings. The normalized spacial score (nSPS) is 17.8. The Morgan fingerprint density at radius 1 is 0.367 bits per heavy atom. The van der Waals surface area contributed by atoms with E-state index in [0.717, 1.165) is 12.8 Å². The van der Waals surface area contributed by atoms with Gasteiger partial charge in [0.25, 0.3) is 0 Å². The predicted octanol–water partition coefficient (Wildman–Crippen LogP) is 14.1. The summed E-state index contributed by atoms with van der Waals surface area (Å²) in [4.78, 5) is 0. The molecule has 0 saturated carbocycles. The van der Waals surface area contributed by atoms with Gasteiger partial charge >= 0.3 is 0 Å². The summed E-state index contributed by atoms with van der Waals surface area (Å²) in [5.41, 5.74) is 16.9. The van der Waals surface area contributed by atoms with Gasteiger partial charge in [0.15, 0.2) is 0 Å². The molecule has 0 spiro atoms. The number of nitrogens with zero attached hydrogens (tertiary/aromatic N) is 2. The highest BCUT2D eigenvalue weighted by atomic mass is 15.0. The molecule has 12 rings (SSSR count). The third-order valence-electron chi connectivity index (χ3n) is 13.8. The zero-order valence-corrected chi connectivity index (χ0v) is 33.4. The third kappa shape index (κ3) is 5.20. The Morgan fingerprint density at radius 3 is 1.37 bits per heavy atom. The van der Waals surface area contributed by atoms with Gasteiger partial charge in [-0.15, -0.1) is 0 Å². The SMILES string of the molecule is c1ccc(C2CC(c3ccccc3)c3c2c2ccccc2n3-c2cccc(-n3c4c(c5ccccc53)C(c3ccccc3)CC4(c3ccccc3)c3ccccc3)c2)cc1. The minimum Gasteiger partial charge on any atom is -0.313 e. The average molecular weight is 769 g/mol. The minimum absolute atomic E-state index is 0.203. The van der Waals surface area contributed by atoms with Crippen molar-refractivity contribution in [2.24, 2.45) is 0 Å². The zero-order valence-electron chi connectivity index (χ0n) is 33.4. The summed E-state index contributed by atoms with van der Waals surface area (Å²) in [6, 6.07) is 83.8. The molecule has 0 saturated heterocycles. The van der Waals surface area contributed by atoms with E-state index in [1.54, 1.807) is 0 Å². The van der Waals surface area contributed by atoms with Crippen LogP contribution in [0.5, 0.6) is 0 Å². The van der Waals surface area contributed by atoms with Crippen molar-refractivity contribution in [3.8, 4) is 11.4 Å². The van der Waals surface area contributed by atoms with Crippen LogP contribution in [-0.2, 0) is 5.41 Å². The van der Waals surface area contributed by atoms with Gasteiger partial charge in [0.05, 0.1) is 16.4 Å². The maximum absolute atomic E-state index is 2.63. The molecule has 2 nitrogen and oxygen atoms in total. The Kier molecular flexibility index (Phi) is 8.13. The van der Waals surface area contributed by atoms with Gasteiger partial charge in [-0.2, -0.15) is 0 Å². The van der Waals surface area contributed by atoms with Gasteiger partial charge in [0.2, 0.25) is 0 Å². The Hall–Kier alpha value is -7.16. The van der Waals surface area contributed by atoms with Gasteiger partial charge in [-0.1, -0.05) is 194 Å². The topological polar surface area (TPSA) is 9.86 Å². The van der Waals surface area contributed by atoms with Gasteiger partial charge in [0.1, 0.15) is 0 Å². The molecule has 2 aromatic heterocycles. The van der Waals surface area contributed by atoms with E-state index in [9.17, 15) is 0 Å². The number of rotatable bonds is 7. The van der Waals surface area contributed by atoms with Crippen LogP contribution < -0.4 is 0 Å². The fourth-order valence-electron chi connectivity index (χ4n) is 11.4. The molecule has 0 radical (unpaired) electrons. The van der Waals surface area contributed by atoms with Crippen molar-refractivity contribution in [1.82, 2.24) is 9.13 Å². The summed E-state index contributed by atoms with van der Waals surface area (Å²) in [7, 11) is 0. The summed E-state index contributed by atoms with van der Waals surface area (Å²) >= 11 is 0. The van der Waals surface area contributed by atoms with Crippen molar-refractivity contribution in [1.29, 1.82) is 0 Å². The summed E-state index contributed by atoms with van der Waals surface area (Å²) in [5, 5.41) is 2.66. The number of aromatic nitrogens is 2. The molecule has 0 aliphatic heterocycles. The van der Waals surface area contributed by atoms with Crippen LogP contribution in [-0.4, -0.2) is 9.13 Å². The summed E-state index contributed by atoms with van der Waals surface area (Å²) in [6.45, 7) is 0. The monoisotopic (exact) mass is 768 g/mol. The number of fused-ring (bicyclic) bond motifs is 6. The van der Waals surface area contributed by atoms with Gasteiger partial charge in [-0.05, 0) is 82.1 Å². The van der Waals surface area contributed by atoms with Crippen molar-refractivity contribution in [2.75, 3.05) is 0 Å². The summed E-state index contributed by atoms with van der Waals surface area (Å²) in [5.74, 6) is 0.744. The highest BCUT2D eigenvalue weighted by Crippen LogP contribution is 2.59. The van der Waals surface area contributed by atoms with Crippen molar-refractivity contribution >= 4 is 21.8 Å². The van der Waals surface area contributed by atoms with Crippen molar-refractivity contribution < 1.29 is 0 Å². The number of para-hydroxylation sites is 2. The first-order valence-corrected chi connectivity index (χ1v) is 21.4. The van der Waals surface area contributed by atoms with Crippen LogP contribution in [0.1, 0.15) is 80.9 Å². The van der Waals surface area contributed by atoms with E-state index < -0.39 is 5.41 Å². The first kappa shape index (κ1) is 34.8. The Balaban J connectivity index is 1.15. The van der Waals surface area contributed by atoms with E-state index in [1.807, 2.05) is 0 Å². The van der Waals surface area contributed by atoms with E-state index >= 15 is 0 Å². The average Bonchev–Trinajstić information content (AvgIpc) is 4.08. The second kappa shape index (κ2) is 14.0. The van der Waals surface area contributed by atoms with Crippen LogP contribution in [0.3, 0.4) is 0 Å². The van der Waals surface area contributed by atoms with Crippen LogP contribution in [0, 0.1) is 0 Å². The molecule has 0 bridgehead atoms. The molecule has 8 aromatic carbocycles. The van der Waals surface area contributed by atoms with Crippen molar-refractivity contribution in [3.63, 3.8) is 0 Å².